The summed E-state index contributed by atoms with van der Waals surface area (Å²) >= 11 is 0. The molecular formula is C14H19N. The van der Waals surface area contributed by atoms with Gasteiger partial charge in [-0.05, 0) is 12.1 Å². The zero-order valence-electron chi connectivity index (χ0n) is 9.39. The molecule has 0 radical (unpaired) electrons. The fraction of sp³-hybridized carbons (Fsp3) is 0.286. The predicted molar refractivity (Wildman–Crippen MR) is 66.7 cm³/mol. The minimum atomic E-state index is 0.984. The molecule has 1 aromatic rings. The molecule has 0 aromatic heterocycles. The lowest BCUT2D eigenvalue weighted by Crippen LogP contribution is -2.22. The Bertz CT molecular complexity index is 300. The molecule has 0 amide bonds. The Morgan fingerprint density at radius 3 is 2.60 bits per heavy atom. The van der Waals surface area contributed by atoms with Crippen molar-refractivity contribution in [1.82, 2.24) is 4.90 Å². The van der Waals surface area contributed by atoms with Crippen LogP contribution in [0.3, 0.4) is 0 Å². The third kappa shape index (κ3) is 4.61. The van der Waals surface area contributed by atoms with Crippen LogP contribution in [0.4, 0.5) is 0 Å². The van der Waals surface area contributed by atoms with Crippen molar-refractivity contribution in [3.8, 4) is 0 Å². The maximum Gasteiger partial charge on any atom is 0.0236 e. The van der Waals surface area contributed by atoms with E-state index in [0.29, 0.717) is 0 Å². The molecule has 1 rings (SSSR count). The minimum absolute atomic E-state index is 0.984. The van der Waals surface area contributed by atoms with Crippen LogP contribution in [0.15, 0.2) is 55.1 Å². The highest BCUT2D eigenvalue weighted by molar-refractivity contribution is 5.14. The van der Waals surface area contributed by atoms with Crippen LogP contribution in [0.2, 0.25) is 0 Å². The summed E-state index contributed by atoms with van der Waals surface area (Å²) in [5.41, 5.74) is 1.37. The van der Waals surface area contributed by atoms with Crippen molar-refractivity contribution in [3.63, 3.8) is 0 Å². The lowest BCUT2D eigenvalue weighted by atomic mass is 10.2. The van der Waals surface area contributed by atoms with Gasteiger partial charge in [-0.3, -0.25) is 4.90 Å². The summed E-state index contributed by atoms with van der Waals surface area (Å²) in [6.07, 6.45) is 5.95. The zero-order valence-corrected chi connectivity index (χ0v) is 9.39. The van der Waals surface area contributed by atoms with Gasteiger partial charge in [-0.25, -0.2) is 0 Å². The summed E-state index contributed by atoms with van der Waals surface area (Å²) in [4.78, 5) is 2.38. The van der Waals surface area contributed by atoms with E-state index >= 15 is 0 Å². The number of likely N-dealkylation sites (N-methyl/N-ethyl adjacent to an activating group) is 1. The highest BCUT2D eigenvalue weighted by atomic mass is 15.1. The molecule has 1 heteroatoms. The Kier molecular flexibility index (Phi) is 5.49. The van der Waals surface area contributed by atoms with Gasteiger partial charge in [0.25, 0.3) is 0 Å². The molecule has 0 atom stereocenters. The van der Waals surface area contributed by atoms with Crippen LogP contribution in [-0.4, -0.2) is 18.0 Å². The van der Waals surface area contributed by atoms with Crippen molar-refractivity contribution in [2.24, 2.45) is 0 Å². The number of nitrogens with zero attached hydrogens (tertiary/aromatic N) is 1. The van der Waals surface area contributed by atoms with E-state index in [2.05, 4.69) is 54.8 Å². The number of hydrogen-bond donors (Lipinski definition) is 0. The molecular weight excluding hydrogens is 182 g/mol. The summed E-state index contributed by atoms with van der Waals surface area (Å²) in [6, 6.07) is 10.6. The molecule has 0 aliphatic carbocycles. The van der Waals surface area contributed by atoms with E-state index in [9.17, 15) is 0 Å². The largest absolute Gasteiger partial charge is 0.296 e. The van der Waals surface area contributed by atoms with Crippen LogP contribution in [0, 0.1) is 0 Å². The van der Waals surface area contributed by atoms with Crippen LogP contribution < -0.4 is 0 Å². The number of allylic oxidation sites excluding steroid dienone is 2. The van der Waals surface area contributed by atoms with Crippen molar-refractivity contribution in [3.05, 3.63) is 60.7 Å². The molecule has 0 fully saturated rings. The van der Waals surface area contributed by atoms with E-state index in [1.165, 1.54) is 5.56 Å². The van der Waals surface area contributed by atoms with Crippen LogP contribution in [0.25, 0.3) is 0 Å². The van der Waals surface area contributed by atoms with E-state index in [1.54, 1.807) is 0 Å². The maximum atomic E-state index is 3.66. The highest BCUT2D eigenvalue weighted by Crippen LogP contribution is 2.03. The molecule has 0 saturated heterocycles. The molecule has 0 aliphatic heterocycles. The van der Waals surface area contributed by atoms with Crippen molar-refractivity contribution in [2.75, 3.05) is 13.1 Å². The molecule has 0 unspecified atom stereocenters. The lowest BCUT2D eigenvalue weighted by molar-refractivity contribution is 0.311. The Labute approximate surface area is 92.7 Å². The average molecular weight is 201 g/mol. The molecule has 80 valence electrons. The third-order valence-corrected chi connectivity index (χ3v) is 2.33. The Hall–Kier alpha value is -1.34. The third-order valence-electron chi connectivity index (χ3n) is 2.33. The van der Waals surface area contributed by atoms with Crippen LogP contribution >= 0.6 is 0 Å². The first kappa shape index (κ1) is 11.7. The normalized spacial score (nSPS) is 11.1. The van der Waals surface area contributed by atoms with Crippen LogP contribution in [0.1, 0.15) is 12.5 Å². The van der Waals surface area contributed by atoms with Gasteiger partial charge in [0.2, 0.25) is 0 Å². The van der Waals surface area contributed by atoms with Crippen molar-refractivity contribution in [1.29, 1.82) is 0 Å². The fourth-order valence-electron chi connectivity index (χ4n) is 1.45. The van der Waals surface area contributed by atoms with Gasteiger partial charge in [-0.1, -0.05) is 62.1 Å². The Morgan fingerprint density at radius 2 is 2.00 bits per heavy atom. The average Bonchev–Trinajstić information content (AvgIpc) is 2.29. The molecule has 0 aliphatic rings. The first-order chi connectivity index (χ1) is 7.36. The smallest absolute Gasteiger partial charge is 0.0236 e. The van der Waals surface area contributed by atoms with E-state index in [4.69, 9.17) is 0 Å². The van der Waals surface area contributed by atoms with Gasteiger partial charge in [0, 0.05) is 13.1 Å². The fourth-order valence-corrected chi connectivity index (χ4v) is 1.45. The second-order valence-corrected chi connectivity index (χ2v) is 3.48. The summed E-state index contributed by atoms with van der Waals surface area (Å²) in [5, 5.41) is 0. The monoisotopic (exact) mass is 201 g/mol. The lowest BCUT2D eigenvalue weighted by Gasteiger charge is -2.18. The SMILES string of the molecule is C=CC=CCN(CC)Cc1ccccc1. The van der Waals surface area contributed by atoms with E-state index < -0.39 is 0 Å². The van der Waals surface area contributed by atoms with Gasteiger partial charge in [0.05, 0.1) is 0 Å². The van der Waals surface area contributed by atoms with E-state index in [1.807, 2.05) is 12.2 Å². The van der Waals surface area contributed by atoms with Gasteiger partial charge < -0.3 is 0 Å². The van der Waals surface area contributed by atoms with Gasteiger partial charge in [-0.2, -0.15) is 0 Å². The number of hydrogen-bond acceptors (Lipinski definition) is 1. The van der Waals surface area contributed by atoms with Gasteiger partial charge >= 0.3 is 0 Å². The van der Waals surface area contributed by atoms with E-state index in [0.717, 1.165) is 19.6 Å². The second kappa shape index (κ2) is 7.02. The Balaban J connectivity index is 2.46. The van der Waals surface area contributed by atoms with Crippen LogP contribution in [0.5, 0.6) is 0 Å². The standard InChI is InChI=1S/C14H19N/c1-3-5-9-12-15(4-2)13-14-10-7-6-8-11-14/h3,5-11H,1,4,12-13H2,2H3. The highest BCUT2D eigenvalue weighted by Gasteiger charge is 2.00. The molecule has 15 heavy (non-hydrogen) atoms. The maximum absolute atomic E-state index is 3.66. The Morgan fingerprint density at radius 1 is 1.27 bits per heavy atom. The first-order valence-corrected chi connectivity index (χ1v) is 5.40. The molecule has 0 bridgehead atoms. The summed E-state index contributed by atoms with van der Waals surface area (Å²) in [5.74, 6) is 0. The first-order valence-electron chi connectivity index (χ1n) is 5.40. The van der Waals surface area contributed by atoms with Crippen LogP contribution in [-0.2, 0) is 6.54 Å². The summed E-state index contributed by atoms with van der Waals surface area (Å²) < 4.78 is 0. The molecule has 0 heterocycles. The van der Waals surface area contributed by atoms with Gasteiger partial charge in [0.1, 0.15) is 0 Å². The summed E-state index contributed by atoms with van der Waals surface area (Å²) in [6.45, 7) is 8.91. The molecule has 0 saturated carbocycles. The van der Waals surface area contributed by atoms with Crippen molar-refractivity contribution >= 4 is 0 Å². The van der Waals surface area contributed by atoms with Gasteiger partial charge in [-0.15, -0.1) is 0 Å². The number of rotatable bonds is 6. The predicted octanol–water partition coefficient (Wildman–Crippen LogP) is 3.25. The van der Waals surface area contributed by atoms with Crippen molar-refractivity contribution < 1.29 is 0 Å². The molecule has 1 nitrogen and oxygen atoms in total. The van der Waals surface area contributed by atoms with Crippen molar-refractivity contribution in [2.45, 2.75) is 13.5 Å². The van der Waals surface area contributed by atoms with Gasteiger partial charge in [0.15, 0.2) is 0 Å². The molecule has 0 N–H and O–H groups in total. The number of benzene rings is 1. The molecule has 1 aromatic carbocycles. The molecule has 0 spiro atoms. The topological polar surface area (TPSA) is 3.24 Å². The minimum Gasteiger partial charge on any atom is -0.296 e. The van der Waals surface area contributed by atoms with E-state index in [-0.39, 0.29) is 0 Å². The quantitative estimate of drug-likeness (QED) is 0.639. The zero-order chi connectivity index (χ0) is 10.9. The summed E-state index contributed by atoms with van der Waals surface area (Å²) in [7, 11) is 0. The second-order valence-electron chi connectivity index (χ2n) is 3.48.